The van der Waals surface area contributed by atoms with Crippen molar-refractivity contribution in [1.82, 2.24) is 4.90 Å². The summed E-state index contributed by atoms with van der Waals surface area (Å²) in [5.41, 5.74) is 7.67. The predicted octanol–water partition coefficient (Wildman–Crippen LogP) is 5.18. The Bertz CT molecular complexity index is 585. The van der Waals surface area contributed by atoms with E-state index in [9.17, 15) is 0 Å². The number of hydrogen-bond donors (Lipinski definition) is 1. The van der Waals surface area contributed by atoms with Crippen LogP contribution in [0.4, 0.5) is 0 Å². The van der Waals surface area contributed by atoms with Crippen LogP contribution in [0.5, 0.6) is 0 Å². The van der Waals surface area contributed by atoms with Crippen LogP contribution in [-0.4, -0.2) is 18.0 Å². The van der Waals surface area contributed by atoms with Crippen molar-refractivity contribution in [1.29, 1.82) is 0 Å². The van der Waals surface area contributed by atoms with Gasteiger partial charge in [0.05, 0.1) is 6.04 Å². The molecule has 21 heavy (non-hydrogen) atoms. The molecule has 0 aliphatic rings. The molecule has 0 saturated heterocycles. The molecule has 0 aliphatic carbocycles. The molecule has 2 N–H and O–H groups in total. The second kappa shape index (κ2) is 7.88. The fraction of sp³-hybridized carbons (Fsp3) is 0.375. The largest absolute Gasteiger partial charge is 0.326 e. The minimum absolute atomic E-state index is 0.128. The molecule has 2 rings (SSSR count). The van der Waals surface area contributed by atoms with Crippen molar-refractivity contribution >= 4 is 43.2 Å². The minimum atomic E-state index is 0.128. The van der Waals surface area contributed by atoms with Gasteiger partial charge in [0.25, 0.3) is 0 Å². The Morgan fingerprint density at radius 1 is 1.29 bits per heavy atom. The molecular weight excluding hydrogens is 412 g/mol. The normalized spacial score (nSPS) is 14.4. The van der Waals surface area contributed by atoms with Gasteiger partial charge in [-0.25, -0.2) is 0 Å². The van der Waals surface area contributed by atoms with Crippen molar-refractivity contribution < 1.29 is 0 Å². The number of nitrogens with two attached hydrogens (primary N) is 1. The predicted molar refractivity (Wildman–Crippen MR) is 98.6 cm³/mol. The van der Waals surface area contributed by atoms with Gasteiger partial charge in [-0.05, 0) is 47.1 Å². The molecule has 2 nitrogen and oxygen atoms in total. The van der Waals surface area contributed by atoms with E-state index in [1.165, 1.54) is 10.4 Å². The van der Waals surface area contributed by atoms with Gasteiger partial charge in [-0.2, -0.15) is 0 Å². The van der Waals surface area contributed by atoms with E-state index in [4.69, 9.17) is 5.73 Å². The molecule has 0 aliphatic heterocycles. The van der Waals surface area contributed by atoms with Crippen LogP contribution < -0.4 is 5.73 Å². The number of halogens is 2. The lowest BCUT2D eigenvalue weighted by Crippen LogP contribution is -2.38. The third-order valence-electron chi connectivity index (χ3n) is 3.61. The Morgan fingerprint density at radius 3 is 2.57 bits per heavy atom. The molecule has 0 radical (unpaired) electrons. The van der Waals surface area contributed by atoms with Crippen molar-refractivity contribution in [2.24, 2.45) is 5.73 Å². The van der Waals surface area contributed by atoms with E-state index in [1.54, 1.807) is 11.3 Å². The summed E-state index contributed by atoms with van der Waals surface area (Å²) in [5, 5.41) is 2.12. The number of benzene rings is 1. The number of thiophene rings is 1. The molecular formula is C16H20Br2N2S. The maximum absolute atomic E-state index is 6.39. The lowest BCUT2D eigenvalue weighted by Gasteiger charge is -2.32. The van der Waals surface area contributed by atoms with E-state index < -0.39 is 0 Å². The van der Waals surface area contributed by atoms with Crippen molar-refractivity contribution in [2.75, 3.05) is 7.05 Å². The summed E-state index contributed by atoms with van der Waals surface area (Å²) >= 11 is 8.93. The van der Waals surface area contributed by atoms with Gasteiger partial charge in [-0.1, -0.05) is 41.1 Å². The molecule has 5 heteroatoms. The quantitative estimate of drug-likeness (QED) is 0.682. The Labute approximate surface area is 147 Å². The summed E-state index contributed by atoms with van der Waals surface area (Å²) in [6.45, 7) is 3.02. The fourth-order valence-electron chi connectivity index (χ4n) is 2.46. The summed E-state index contributed by atoms with van der Waals surface area (Å²) in [4.78, 5) is 3.65. The maximum atomic E-state index is 6.39. The molecule has 1 aromatic heterocycles. The van der Waals surface area contributed by atoms with E-state index in [0.29, 0.717) is 0 Å². The van der Waals surface area contributed by atoms with Gasteiger partial charge < -0.3 is 5.73 Å². The highest BCUT2D eigenvalue weighted by atomic mass is 79.9. The Morgan fingerprint density at radius 2 is 2.00 bits per heavy atom. The smallest absolute Gasteiger partial charge is 0.0594 e. The van der Waals surface area contributed by atoms with E-state index in [-0.39, 0.29) is 12.1 Å². The Kier molecular flexibility index (Phi) is 6.44. The molecule has 0 bridgehead atoms. The van der Waals surface area contributed by atoms with Crippen LogP contribution in [0.2, 0.25) is 0 Å². The first-order chi connectivity index (χ1) is 10.0. The van der Waals surface area contributed by atoms with Crippen LogP contribution in [0, 0.1) is 0 Å². The second-order valence-corrected chi connectivity index (χ2v) is 7.90. The van der Waals surface area contributed by atoms with Crippen LogP contribution in [0.1, 0.15) is 29.8 Å². The number of rotatable bonds is 6. The lowest BCUT2D eigenvalue weighted by molar-refractivity contribution is 0.204. The second-order valence-electron chi connectivity index (χ2n) is 5.19. The summed E-state index contributed by atoms with van der Waals surface area (Å²) in [7, 11) is 2.15. The number of likely N-dealkylation sites (N-methyl/N-ethyl adjacent to an activating group) is 1. The average Bonchev–Trinajstić information content (AvgIpc) is 2.87. The zero-order valence-electron chi connectivity index (χ0n) is 12.2. The molecule has 0 saturated carbocycles. The third kappa shape index (κ3) is 4.39. The zero-order valence-corrected chi connectivity index (χ0v) is 16.2. The topological polar surface area (TPSA) is 29.3 Å². The van der Waals surface area contributed by atoms with Crippen molar-refractivity contribution in [3.8, 4) is 0 Å². The molecule has 1 heterocycles. The van der Waals surface area contributed by atoms with Gasteiger partial charge in [0, 0.05) is 31.8 Å². The Balaban J connectivity index is 2.22. The molecule has 2 unspecified atom stereocenters. The third-order valence-corrected chi connectivity index (χ3v) is 6.15. The van der Waals surface area contributed by atoms with E-state index in [1.807, 2.05) is 6.07 Å². The van der Waals surface area contributed by atoms with Gasteiger partial charge in [0.15, 0.2) is 0 Å². The molecule has 0 amide bonds. The molecule has 2 atom stereocenters. The SMILES string of the molecule is CCC(N)C(c1cc(Br)cs1)N(C)Cc1ccccc1Br. The van der Waals surface area contributed by atoms with Crippen molar-refractivity contribution in [2.45, 2.75) is 32.0 Å². The Hall–Kier alpha value is -0.200. The number of hydrogen-bond acceptors (Lipinski definition) is 3. The monoisotopic (exact) mass is 430 g/mol. The van der Waals surface area contributed by atoms with E-state index in [0.717, 1.165) is 21.9 Å². The van der Waals surface area contributed by atoms with Gasteiger partial charge in [0.2, 0.25) is 0 Å². The molecule has 0 fully saturated rings. The first-order valence-electron chi connectivity index (χ1n) is 6.96. The van der Waals surface area contributed by atoms with Gasteiger partial charge >= 0.3 is 0 Å². The van der Waals surface area contributed by atoms with E-state index in [2.05, 4.69) is 80.4 Å². The first kappa shape index (κ1) is 17.2. The van der Waals surface area contributed by atoms with Gasteiger partial charge in [-0.3, -0.25) is 4.90 Å². The van der Waals surface area contributed by atoms with Crippen LogP contribution in [-0.2, 0) is 6.54 Å². The highest BCUT2D eigenvalue weighted by Crippen LogP contribution is 2.33. The van der Waals surface area contributed by atoms with E-state index >= 15 is 0 Å². The fourth-order valence-corrected chi connectivity index (χ4v) is 4.55. The molecule has 1 aromatic carbocycles. The van der Waals surface area contributed by atoms with Gasteiger partial charge in [-0.15, -0.1) is 11.3 Å². The molecule has 0 spiro atoms. The minimum Gasteiger partial charge on any atom is -0.326 e. The summed E-state index contributed by atoms with van der Waals surface area (Å²) in [6.07, 6.45) is 0.959. The number of nitrogens with zero attached hydrogens (tertiary/aromatic N) is 1. The van der Waals surface area contributed by atoms with Gasteiger partial charge in [0.1, 0.15) is 0 Å². The summed E-state index contributed by atoms with van der Waals surface area (Å²) < 4.78 is 2.28. The zero-order chi connectivity index (χ0) is 15.4. The van der Waals surface area contributed by atoms with Crippen LogP contribution in [0.15, 0.2) is 44.7 Å². The van der Waals surface area contributed by atoms with Crippen molar-refractivity contribution in [3.63, 3.8) is 0 Å². The van der Waals surface area contributed by atoms with Crippen LogP contribution in [0.3, 0.4) is 0 Å². The summed E-state index contributed by atoms with van der Waals surface area (Å²) in [5.74, 6) is 0. The summed E-state index contributed by atoms with van der Waals surface area (Å²) in [6, 6.07) is 10.9. The first-order valence-corrected chi connectivity index (χ1v) is 9.42. The molecule has 114 valence electrons. The maximum Gasteiger partial charge on any atom is 0.0594 e. The average molecular weight is 432 g/mol. The van der Waals surface area contributed by atoms with Crippen molar-refractivity contribution in [3.05, 3.63) is 55.1 Å². The molecule has 2 aromatic rings. The highest BCUT2D eigenvalue weighted by Gasteiger charge is 2.25. The lowest BCUT2D eigenvalue weighted by atomic mass is 10.0. The van der Waals surface area contributed by atoms with Crippen LogP contribution in [0.25, 0.3) is 0 Å². The van der Waals surface area contributed by atoms with Crippen LogP contribution >= 0.6 is 43.2 Å². The standard InChI is InChI=1S/C16H20Br2N2S/c1-3-14(19)16(15-8-12(17)10-21-15)20(2)9-11-6-4-5-7-13(11)18/h4-8,10,14,16H,3,9,19H2,1-2H3. The highest BCUT2D eigenvalue weighted by molar-refractivity contribution is 9.10.